The summed E-state index contributed by atoms with van der Waals surface area (Å²) in [6, 6.07) is 6.46. The van der Waals surface area contributed by atoms with Crippen LogP contribution in [0.15, 0.2) is 41.5 Å². The molecule has 0 spiro atoms. The zero-order valence-corrected chi connectivity index (χ0v) is 12.9. The molecule has 2 heterocycles. The number of aromatic nitrogens is 4. The van der Waals surface area contributed by atoms with Gasteiger partial charge in [0, 0.05) is 38.1 Å². The van der Waals surface area contributed by atoms with Gasteiger partial charge < -0.3 is 0 Å². The molecule has 3 aromatic rings. The second-order valence-electron chi connectivity index (χ2n) is 5.55. The zero-order chi connectivity index (χ0) is 16.6. The highest BCUT2D eigenvalue weighted by molar-refractivity contribution is 5.78. The Bertz CT molecular complexity index is 907. The molecule has 23 heavy (non-hydrogen) atoms. The minimum absolute atomic E-state index is 0.0167. The number of hydrogen-bond acceptors (Lipinski definition) is 4. The molecule has 1 atom stereocenters. The number of nitrogens with zero attached hydrogens (tertiary/aromatic N) is 5. The quantitative estimate of drug-likeness (QED) is 0.533. The summed E-state index contributed by atoms with van der Waals surface area (Å²) < 4.78 is 4.93. The van der Waals surface area contributed by atoms with Gasteiger partial charge in [-0.1, -0.05) is 0 Å². The van der Waals surface area contributed by atoms with Gasteiger partial charge in [-0.2, -0.15) is 5.10 Å². The van der Waals surface area contributed by atoms with E-state index in [4.69, 9.17) is 0 Å². The highest BCUT2D eigenvalue weighted by Gasteiger charge is 2.16. The molecule has 0 aliphatic carbocycles. The maximum absolute atomic E-state index is 12.4. The van der Waals surface area contributed by atoms with E-state index in [0.29, 0.717) is 24.0 Å². The normalized spacial score (nSPS) is 12.6. The molecule has 0 radical (unpaired) electrons. The van der Waals surface area contributed by atoms with Crippen molar-refractivity contribution in [2.75, 3.05) is 0 Å². The molecular weight excluding hydrogens is 298 g/mol. The van der Waals surface area contributed by atoms with Crippen LogP contribution in [0.25, 0.3) is 11.0 Å². The van der Waals surface area contributed by atoms with E-state index in [-0.39, 0.29) is 17.4 Å². The minimum Gasteiger partial charge on any atom is -0.295 e. The second-order valence-corrected chi connectivity index (χ2v) is 5.55. The predicted molar refractivity (Wildman–Crippen MR) is 85.4 cm³/mol. The van der Waals surface area contributed by atoms with Gasteiger partial charge in [-0.15, -0.1) is 0 Å². The molecule has 1 aromatic carbocycles. The first kappa shape index (κ1) is 15.0. The molecule has 0 aliphatic rings. The Kier molecular flexibility index (Phi) is 3.73. The van der Waals surface area contributed by atoms with Crippen LogP contribution in [-0.4, -0.2) is 23.8 Å². The first-order chi connectivity index (χ1) is 11.0. The third-order valence-corrected chi connectivity index (χ3v) is 4.09. The van der Waals surface area contributed by atoms with Gasteiger partial charge in [0.25, 0.3) is 5.69 Å². The maximum atomic E-state index is 12.4. The lowest BCUT2D eigenvalue weighted by molar-refractivity contribution is -0.384. The Morgan fingerprint density at radius 1 is 1.35 bits per heavy atom. The van der Waals surface area contributed by atoms with Gasteiger partial charge in [0.05, 0.1) is 22.0 Å². The van der Waals surface area contributed by atoms with Gasteiger partial charge in [0.15, 0.2) is 0 Å². The number of fused-ring (bicyclic) bond motifs is 1. The fourth-order valence-electron chi connectivity index (χ4n) is 2.72. The van der Waals surface area contributed by atoms with Crippen LogP contribution in [0.4, 0.5) is 5.69 Å². The average Bonchev–Trinajstić information content (AvgIpc) is 3.14. The zero-order valence-electron chi connectivity index (χ0n) is 12.9. The van der Waals surface area contributed by atoms with Gasteiger partial charge in [0.2, 0.25) is 0 Å². The minimum atomic E-state index is -0.451. The summed E-state index contributed by atoms with van der Waals surface area (Å²) in [5, 5.41) is 15.2. The fraction of sp³-hybridized carbons (Fsp3) is 0.333. The molecule has 0 fully saturated rings. The Labute approximate surface area is 131 Å². The van der Waals surface area contributed by atoms with Crippen LogP contribution < -0.4 is 5.69 Å². The molecule has 1 unspecified atom stereocenters. The highest BCUT2D eigenvalue weighted by Crippen LogP contribution is 2.21. The molecule has 3 rings (SSSR count). The van der Waals surface area contributed by atoms with Gasteiger partial charge >= 0.3 is 5.69 Å². The smallest absolute Gasteiger partial charge is 0.295 e. The summed E-state index contributed by atoms with van der Waals surface area (Å²) >= 11 is 0. The molecule has 120 valence electrons. The second kappa shape index (κ2) is 5.71. The Morgan fingerprint density at radius 2 is 2.13 bits per heavy atom. The van der Waals surface area contributed by atoms with Crippen molar-refractivity contribution >= 4 is 16.7 Å². The molecule has 8 nitrogen and oxygen atoms in total. The first-order valence-electron chi connectivity index (χ1n) is 7.32. The van der Waals surface area contributed by atoms with Gasteiger partial charge in [-0.05, 0) is 25.5 Å². The van der Waals surface area contributed by atoms with E-state index in [0.717, 1.165) is 0 Å². The van der Waals surface area contributed by atoms with Crippen LogP contribution >= 0.6 is 0 Å². The van der Waals surface area contributed by atoms with Crippen LogP contribution in [0, 0.1) is 10.1 Å². The standard InChI is InChI=1S/C15H17N5O3/c1-11(19-8-3-7-16-19)6-9-18-14-10-12(20(22)23)4-5-13(14)17(2)15(18)21/h3-5,7-8,10-11H,6,9H2,1-2H3. The number of hydrogen-bond donors (Lipinski definition) is 0. The van der Waals surface area contributed by atoms with E-state index in [2.05, 4.69) is 5.10 Å². The lowest BCUT2D eigenvalue weighted by atomic mass is 10.2. The van der Waals surface area contributed by atoms with Crippen molar-refractivity contribution in [1.82, 2.24) is 18.9 Å². The highest BCUT2D eigenvalue weighted by atomic mass is 16.6. The van der Waals surface area contributed by atoms with E-state index in [1.54, 1.807) is 23.9 Å². The van der Waals surface area contributed by atoms with Crippen molar-refractivity contribution in [3.63, 3.8) is 0 Å². The van der Waals surface area contributed by atoms with E-state index in [9.17, 15) is 14.9 Å². The molecule has 0 saturated carbocycles. The topological polar surface area (TPSA) is 87.9 Å². The number of rotatable bonds is 5. The largest absolute Gasteiger partial charge is 0.328 e. The van der Waals surface area contributed by atoms with Crippen molar-refractivity contribution in [2.45, 2.75) is 25.9 Å². The number of nitro benzene ring substituents is 1. The summed E-state index contributed by atoms with van der Waals surface area (Å²) in [7, 11) is 1.67. The van der Waals surface area contributed by atoms with Crippen molar-refractivity contribution < 1.29 is 4.92 Å². The molecular formula is C15H17N5O3. The molecule has 2 aromatic heterocycles. The summed E-state index contributed by atoms with van der Waals surface area (Å²) in [5.41, 5.74) is 1.08. The predicted octanol–water partition coefficient (Wildman–Crippen LogP) is 2.10. The van der Waals surface area contributed by atoms with Crippen LogP contribution in [-0.2, 0) is 13.6 Å². The Balaban J connectivity index is 1.96. The third kappa shape index (κ3) is 2.63. The average molecular weight is 315 g/mol. The molecule has 8 heteroatoms. The van der Waals surface area contributed by atoms with Crippen LogP contribution in [0.3, 0.4) is 0 Å². The summed E-state index contributed by atoms with van der Waals surface area (Å²) in [6.45, 7) is 2.49. The summed E-state index contributed by atoms with van der Waals surface area (Å²) in [5.74, 6) is 0. The van der Waals surface area contributed by atoms with E-state index in [1.165, 1.54) is 16.7 Å². The first-order valence-corrected chi connectivity index (χ1v) is 7.32. The molecule has 0 N–H and O–H groups in total. The van der Waals surface area contributed by atoms with Crippen molar-refractivity contribution in [3.05, 3.63) is 57.3 Å². The number of non-ortho nitro benzene ring substituents is 1. The lowest BCUT2D eigenvalue weighted by Crippen LogP contribution is -2.23. The van der Waals surface area contributed by atoms with Crippen LogP contribution in [0.2, 0.25) is 0 Å². The van der Waals surface area contributed by atoms with Gasteiger partial charge in [0.1, 0.15) is 0 Å². The van der Waals surface area contributed by atoms with Gasteiger partial charge in [-0.25, -0.2) is 4.79 Å². The molecule has 0 saturated heterocycles. The Hall–Kier alpha value is -2.90. The van der Waals surface area contributed by atoms with Gasteiger partial charge in [-0.3, -0.25) is 23.9 Å². The lowest BCUT2D eigenvalue weighted by Gasteiger charge is -2.12. The molecule has 0 bridgehead atoms. The number of benzene rings is 1. The third-order valence-electron chi connectivity index (χ3n) is 4.09. The van der Waals surface area contributed by atoms with Crippen LogP contribution in [0.5, 0.6) is 0 Å². The van der Waals surface area contributed by atoms with Crippen LogP contribution in [0.1, 0.15) is 19.4 Å². The molecule has 0 amide bonds. The molecule has 0 aliphatic heterocycles. The van der Waals surface area contributed by atoms with Crippen molar-refractivity contribution in [1.29, 1.82) is 0 Å². The number of imidazole rings is 1. The van der Waals surface area contributed by atoms with Crippen molar-refractivity contribution in [2.24, 2.45) is 7.05 Å². The SMILES string of the molecule is CC(CCn1c(=O)n(C)c2ccc([N+](=O)[O-])cc21)n1cccn1. The summed E-state index contributed by atoms with van der Waals surface area (Å²) in [6.07, 6.45) is 4.29. The van der Waals surface area contributed by atoms with E-state index in [1.807, 2.05) is 23.9 Å². The Morgan fingerprint density at radius 3 is 2.78 bits per heavy atom. The maximum Gasteiger partial charge on any atom is 0.328 e. The number of nitro groups is 1. The van der Waals surface area contributed by atoms with Crippen molar-refractivity contribution in [3.8, 4) is 0 Å². The van der Waals surface area contributed by atoms with E-state index >= 15 is 0 Å². The number of aryl methyl sites for hydroxylation is 2. The monoisotopic (exact) mass is 315 g/mol. The summed E-state index contributed by atoms with van der Waals surface area (Å²) in [4.78, 5) is 22.9. The van der Waals surface area contributed by atoms with E-state index < -0.39 is 4.92 Å². The fourth-order valence-corrected chi connectivity index (χ4v) is 2.72.